The predicted octanol–water partition coefficient (Wildman–Crippen LogP) is 3.15. The first kappa shape index (κ1) is 11.0. The fraction of sp³-hybridized carbons (Fsp3) is 0.250. The van der Waals surface area contributed by atoms with Gasteiger partial charge in [0.2, 0.25) is 0 Å². The number of benzene rings is 1. The maximum atomic E-state index is 11.2. The summed E-state index contributed by atoms with van der Waals surface area (Å²) in [5.41, 5.74) is 2.00. The first-order valence-corrected chi connectivity index (χ1v) is 5.43. The van der Waals surface area contributed by atoms with Gasteiger partial charge < -0.3 is 10.1 Å². The van der Waals surface area contributed by atoms with Crippen LogP contribution in [0.1, 0.15) is 23.7 Å². The summed E-state index contributed by atoms with van der Waals surface area (Å²) in [5.74, 6) is 0. The number of halogens is 1. The van der Waals surface area contributed by atoms with Crippen molar-refractivity contribution in [1.82, 2.24) is 5.32 Å². The predicted molar refractivity (Wildman–Crippen MR) is 63.4 cm³/mol. The standard InChI is InChI=1S/C12H12ClNO2/c1-14-12(15)16-11-4-2-3-8-7-9(13)5-6-10(8)11/h2-3,5-7,11H,4H2,1H3,(H,14,15). The van der Waals surface area contributed by atoms with Crippen molar-refractivity contribution in [1.29, 1.82) is 0 Å². The van der Waals surface area contributed by atoms with E-state index in [-0.39, 0.29) is 6.10 Å². The molecular weight excluding hydrogens is 226 g/mol. The molecule has 1 aliphatic rings. The van der Waals surface area contributed by atoms with Crippen molar-refractivity contribution in [3.05, 3.63) is 40.4 Å². The third kappa shape index (κ3) is 2.19. The fourth-order valence-electron chi connectivity index (χ4n) is 1.73. The molecular formula is C12H12ClNO2. The summed E-state index contributed by atoms with van der Waals surface area (Å²) in [6.45, 7) is 0. The van der Waals surface area contributed by atoms with E-state index in [2.05, 4.69) is 5.32 Å². The maximum absolute atomic E-state index is 11.2. The van der Waals surface area contributed by atoms with Gasteiger partial charge in [-0.3, -0.25) is 0 Å². The summed E-state index contributed by atoms with van der Waals surface area (Å²) in [5, 5.41) is 3.13. The van der Waals surface area contributed by atoms with E-state index in [1.165, 1.54) is 0 Å². The van der Waals surface area contributed by atoms with Crippen molar-refractivity contribution in [3.8, 4) is 0 Å². The van der Waals surface area contributed by atoms with Gasteiger partial charge in [0.25, 0.3) is 0 Å². The second kappa shape index (κ2) is 4.58. The van der Waals surface area contributed by atoms with Gasteiger partial charge in [-0.25, -0.2) is 4.79 Å². The molecule has 3 nitrogen and oxygen atoms in total. The Morgan fingerprint density at radius 1 is 1.56 bits per heavy atom. The Balaban J connectivity index is 2.26. The van der Waals surface area contributed by atoms with Crippen molar-refractivity contribution >= 4 is 23.8 Å². The van der Waals surface area contributed by atoms with Gasteiger partial charge in [0.15, 0.2) is 0 Å². The van der Waals surface area contributed by atoms with E-state index >= 15 is 0 Å². The highest BCUT2D eigenvalue weighted by Gasteiger charge is 2.20. The largest absolute Gasteiger partial charge is 0.441 e. The summed E-state index contributed by atoms with van der Waals surface area (Å²) in [7, 11) is 1.55. The highest BCUT2D eigenvalue weighted by Crippen LogP contribution is 2.32. The van der Waals surface area contributed by atoms with Gasteiger partial charge in [-0.1, -0.05) is 29.8 Å². The Morgan fingerprint density at radius 2 is 2.38 bits per heavy atom. The van der Waals surface area contributed by atoms with Crippen LogP contribution in [0.4, 0.5) is 4.79 Å². The van der Waals surface area contributed by atoms with Gasteiger partial charge in [0, 0.05) is 24.1 Å². The fourth-order valence-corrected chi connectivity index (χ4v) is 1.91. The Morgan fingerprint density at radius 3 is 3.12 bits per heavy atom. The zero-order valence-corrected chi connectivity index (χ0v) is 9.62. The van der Waals surface area contributed by atoms with Gasteiger partial charge >= 0.3 is 6.09 Å². The minimum atomic E-state index is -0.416. The van der Waals surface area contributed by atoms with Crippen LogP contribution in [0.25, 0.3) is 6.08 Å². The molecule has 2 rings (SSSR count). The molecule has 0 fully saturated rings. The van der Waals surface area contributed by atoms with Crippen molar-refractivity contribution < 1.29 is 9.53 Å². The lowest BCUT2D eigenvalue weighted by atomic mass is 9.95. The van der Waals surface area contributed by atoms with Crippen molar-refractivity contribution in [3.63, 3.8) is 0 Å². The number of carbonyl (C=O) groups excluding carboxylic acids is 1. The summed E-state index contributed by atoms with van der Waals surface area (Å²) in [6.07, 6.45) is 4.03. The number of rotatable bonds is 1. The molecule has 1 aliphatic carbocycles. The van der Waals surface area contributed by atoms with Crippen molar-refractivity contribution in [2.24, 2.45) is 0 Å². The lowest BCUT2D eigenvalue weighted by molar-refractivity contribution is 0.100. The minimum absolute atomic E-state index is 0.225. The molecule has 1 aromatic carbocycles. The molecule has 1 atom stereocenters. The maximum Gasteiger partial charge on any atom is 0.407 e. The Labute approximate surface area is 99.1 Å². The number of amides is 1. The molecule has 0 saturated carbocycles. The van der Waals surface area contributed by atoms with Crippen LogP contribution in [0.5, 0.6) is 0 Å². The Kier molecular flexibility index (Phi) is 3.15. The van der Waals surface area contributed by atoms with E-state index < -0.39 is 6.09 Å². The van der Waals surface area contributed by atoms with Crippen LogP contribution in [0.3, 0.4) is 0 Å². The summed E-state index contributed by atoms with van der Waals surface area (Å²) < 4.78 is 5.26. The molecule has 0 spiro atoms. The quantitative estimate of drug-likeness (QED) is 0.815. The molecule has 1 amide bonds. The second-order valence-electron chi connectivity index (χ2n) is 3.56. The molecule has 1 aromatic rings. The average molecular weight is 238 g/mol. The molecule has 0 aliphatic heterocycles. The number of fused-ring (bicyclic) bond motifs is 1. The number of ether oxygens (including phenoxy) is 1. The first-order valence-electron chi connectivity index (χ1n) is 5.05. The van der Waals surface area contributed by atoms with E-state index in [0.717, 1.165) is 11.1 Å². The second-order valence-corrected chi connectivity index (χ2v) is 3.99. The minimum Gasteiger partial charge on any atom is -0.441 e. The number of alkyl carbamates (subject to hydrolysis) is 1. The van der Waals surface area contributed by atoms with Gasteiger partial charge in [-0.15, -0.1) is 0 Å². The van der Waals surface area contributed by atoms with E-state index in [9.17, 15) is 4.79 Å². The zero-order chi connectivity index (χ0) is 11.5. The Hall–Kier alpha value is -1.48. The lowest BCUT2D eigenvalue weighted by Gasteiger charge is -2.21. The van der Waals surface area contributed by atoms with E-state index in [1.807, 2.05) is 24.3 Å². The van der Waals surface area contributed by atoms with Gasteiger partial charge in [-0.05, 0) is 17.7 Å². The molecule has 4 heteroatoms. The van der Waals surface area contributed by atoms with Crippen LogP contribution in [0, 0.1) is 0 Å². The van der Waals surface area contributed by atoms with E-state index in [1.54, 1.807) is 13.1 Å². The number of hydrogen-bond donors (Lipinski definition) is 1. The van der Waals surface area contributed by atoms with Crippen LogP contribution < -0.4 is 5.32 Å². The van der Waals surface area contributed by atoms with Crippen molar-refractivity contribution in [2.45, 2.75) is 12.5 Å². The molecule has 0 bridgehead atoms. The van der Waals surface area contributed by atoms with Gasteiger partial charge in [0.1, 0.15) is 6.10 Å². The summed E-state index contributed by atoms with van der Waals surface area (Å²) in [4.78, 5) is 11.2. The average Bonchev–Trinajstić information content (AvgIpc) is 2.28. The lowest BCUT2D eigenvalue weighted by Crippen LogP contribution is -2.22. The van der Waals surface area contributed by atoms with Crippen LogP contribution in [-0.2, 0) is 4.74 Å². The number of nitrogens with one attached hydrogen (secondary N) is 1. The molecule has 0 aromatic heterocycles. The third-order valence-electron chi connectivity index (χ3n) is 2.50. The molecule has 1 unspecified atom stereocenters. The molecule has 0 saturated heterocycles. The van der Waals surface area contributed by atoms with Crippen LogP contribution in [-0.4, -0.2) is 13.1 Å². The Bertz CT molecular complexity index is 443. The molecule has 0 heterocycles. The van der Waals surface area contributed by atoms with Crippen LogP contribution >= 0.6 is 11.6 Å². The van der Waals surface area contributed by atoms with Crippen molar-refractivity contribution in [2.75, 3.05) is 7.05 Å². The zero-order valence-electron chi connectivity index (χ0n) is 8.87. The number of hydrogen-bond acceptors (Lipinski definition) is 2. The van der Waals surface area contributed by atoms with E-state index in [0.29, 0.717) is 11.4 Å². The molecule has 0 radical (unpaired) electrons. The molecule has 16 heavy (non-hydrogen) atoms. The molecule has 84 valence electrons. The van der Waals surface area contributed by atoms with Crippen LogP contribution in [0.15, 0.2) is 24.3 Å². The van der Waals surface area contributed by atoms with Crippen LogP contribution in [0.2, 0.25) is 5.02 Å². The monoisotopic (exact) mass is 237 g/mol. The topological polar surface area (TPSA) is 38.3 Å². The summed E-state index contributed by atoms with van der Waals surface area (Å²) >= 11 is 5.90. The number of carbonyl (C=O) groups is 1. The first-order chi connectivity index (χ1) is 7.70. The normalized spacial score (nSPS) is 17.8. The SMILES string of the molecule is CNC(=O)OC1CC=Cc2cc(Cl)ccc21. The summed E-state index contributed by atoms with van der Waals surface area (Å²) in [6, 6.07) is 5.57. The van der Waals surface area contributed by atoms with E-state index in [4.69, 9.17) is 16.3 Å². The smallest absolute Gasteiger partial charge is 0.407 e. The highest BCUT2D eigenvalue weighted by atomic mass is 35.5. The van der Waals surface area contributed by atoms with Gasteiger partial charge in [0.05, 0.1) is 0 Å². The molecule has 1 N–H and O–H groups in total. The highest BCUT2D eigenvalue weighted by molar-refractivity contribution is 6.30. The third-order valence-corrected chi connectivity index (χ3v) is 2.73. The van der Waals surface area contributed by atoms with Gasteiger partial charge in [-0.2, -0.15) is 0 Å².